The average molecular weight is 416 g/mol. The molecule has 158 valence electrons. The van der Waals surface area contributed by atoms with Crippen LogP contribution in [-0.4, -0.2) is 54.7 Å². The fraction of sp³-hybridized carbons (Fsp3) is 0.350. The number of aromatic hydroxyl groups is 1. The fourth-order valence-electron chi connectivity index (χ4n) is 5.01. The first-order valence-corrected chi connectivity index (χ1v) is 9.21. The van der Waals surface area contributed by atoms with E-state index in [1.807, 2.05) is 0 Å². The number of carbonyl (C=O) groups is 3. The van der Waals surface area contributed by atoms with E-state index in [0.29, 0.717) is 5.56 Å². The van der Waals surface area contributed by atoms with Crippen molar-refractivity contribution in [3.8, 4) is 5.75 Å². The van der Waals surface area contributed by atoms with Gasteiger partial charge in [-0.3, -0.25) is 14.4 Å². The Balaban J connectivity index is 2.03. The zero-order chi connectivity index (χ0) is 22.3. The van der Waals surface area contributed by atoms with Gasteiger partial charge < -0.3 is 37.0 Å². The van der Waals surface area contributed by atoms with Gasteiger partial charge >= 0.3 is 0 Å². The highest BCUT2D eigenvalue weighted by molar-refractivity contribution is 6.23. The van der Waals surface area contributed by atoms with Crippen LogP contribution in [-0.2, 0) is 14.4 Å². The number of ketones is 2. The second-order valence-corrected chi connectivity index (χ2v) is 7.95. The molecule has 9 N–H and O–H groups in total. The molecule has 0 aromatic heterocycles. The molecule has 1 fully saturated rings. The second kappa shape index (κ2) is 6.07. The van der Waals surface area contributed by atoms with Crippen molar-refractivity contribution in [1.82, 2.24) is 0 Å². The number of phenols is 1. The Labute approximate surface area is 169 Å². The molecular formula is C20H20N2O8. The van der Waals surface area contributed by atoms with Gasteiger partial charge in [0, 0.05) is 23.8 Å². The molecule has 30 heavy (non-hydrogen) atoms. The minimum absolute atomic E-state index is 0.0611. The van der Waals surface area contributed by atoms with Gasteiger partial charge in [0.15, 0.2) is 11.4 Å². The number of nitrogen functional groups attached to an aromatic ring is 1. The van der Waals surface area contributed by atoms with E-state index in [2.05, 4.69) is 0 Å². The molecule has 5 atom stereocenters. The maximum atomic E-state index is 13.4. The van der Waals surface area contributed by atoms with Gasteiger partial charge in [-0.2, -0.15) is 0 Å². The van der Waals surface area contributed by atoms with Gasteiger partial charge in [0.2, 0.25) is 5.78 Å². The van der Waals surface area contributed by atoms with Crippen molar-refractivity contribution in [1.29, 1.82) is 0 Å². The number of amides is 1. The topological polar surface area (TPSA) is 204 Å². The highest BCUT2D eigenvalue weighted by Gasteiger charge is 2.64. The third-order valence-electron chi connectivity index (χ3n) is 6.53. The molecule has 0 spiro atoms. The standard InChI is InChI=1S/C20H20N2O8/c1-5-6-2-3-8(21)15(25)11(6)16(26)13-10(5)14(24)7-4-9(23)12(19(22)29)17(27)20(7,30)18(13)28/h2-3,5,7,10,14,24-27,30H,4,21H2,1H3,(H2,22,29)/t5-,7?,10?,14+,20-/m1/s1. The van der Waals surface area contributed by atoms with Crippen molar-refractivity contribution in [3.63, 3.8) is 0 Å². The van der Waals surface area contributed by atoms with Crippen molar-refractivity contribution >= 4 is 28.9 Å². The number of Topliss-reactive ketones (excluding diaryl/α,β-unsaturated/α-hetero) is 2. The van der Waals surface area contributed by atoms with Crippen LogP contribution in [0.1, 0.15) is 30.4 Å². The van der Waals surface area contributed by atoms with E-state index in [0.717, 1.165) is 0 Å². The van der Waals surface area contributed by atoms with Crippen LogP contribution in [0.3, 0.4) is 0 Å². The third kappa shape index (κ3) is 2.17. The number of primary amides is 1. The summed E-state index contributed by atoms with van der Waals surface area (Å²) in [5.41, 5.74) is 6.83. The normalized spacial score (nSPS) is 33.2. The van der Waals surface area contributed by atoms with Crippen molar-refractivity contribution in [2.45, 2.75) is 31.0 Å². The summed E-state index contributed by atoms with van der Waals surface area (Å²) in [6.45, 7) is 1.64. The van der Waals surface area contributed by atoms with Crippen LogP contribution in [0, 0.1) is 11.8 Å². The average Bonchev–Trinajstić information content (AvgIpc) is 2.67. The summed E-state index contributed by atoms with van der Waals surface area (Å²) in [5.74, 6) is -9.01. The van der Waals surface area contributed by atoms with Crippen LogP contribution in [0.5, 0.6) is 5.75 Å². The summed E-state index contributed by atoms with van der Waals surface area (Å²) in [6.07, 6.45) is -2.16. The lowest BCUT2D eigenvalue weighted by Gasteiger charge is -2.50. The molecule has 0 aliphatic heterocycles. The minimum Gasteiger partial charge on any atom is -0.508 e. The predicted molar refractivity (Wildman–Crippen MR) is 102 cm³/mol. The fourth-order valence-corrected chi connectivity index (χ4v) is 5.01. The Morgan fingerprint density at radius 3 is 2.43 bits per heavy atom. The Kier molecular flexibility index (Phi) is 4.03. The first-order valence-electron chi connectivity index (χ1n) is 9.21. The molecule has 1 aromatic rings. The summed E-state index contributed by atoms with van der Waals surface area (Å²) >= 11 is 0. The Bertz CT molecular complexity index is 1100. The number of hydrogen-bond acceptors (Lipinski definition) is 9. The van der Waals surface area contributed by atoms with Crippen molar-refractivity contribution < 1.29 is 39.9 Å². The monoisotopic (exact) mass is 416 g/mol. The highest BCUT2D eigenvalue weighted by Crippen LogP contribution is 2.55. The molecule has 3 aliphatic rings. The van der Waals surface area contributed by atoms with Crippen LogP contribution in [0.2, 0.25) is 0 Å². The van der Waals surface area contributed by atoms with Gasteiger partial charge in [0.05, 0.1) is 17.4 Å². The number of rotatable bonds is 1. The maximum absolute atomic E-state index is 13.4. The minimum atomic E-state index is -2.84. The van der Waals surface area contributed by atoms with Gasteiger partial charge in [0.25, 0.3) is 5.91 Å². The molecule has 2 unspecified atom stereocenters. The molecule has 10 heteroatoms. The molecule has 4 rings (SSSR count). The van der Waals surface area contributed by atoms with Crippen LogP contribution >= 0.6 is 0 Å². The summed E-state index contributed by atoms with van der Waals surface area (Å²) in [6, 6.07) is 2.95. The predicted octanol–water partition coefficient (Wildman–Crippen LogP) is -0.462. The molecule has 0 saturated heterocycles. The largest absolute Gasteiger partial charge is 0.508 e. The lowest BCUT2D eigenvalue weighted by molar-refractivity contribution is -0.160. The summed E-state index contributed by atoms with van der Waals surface area (Å²) < 4.78 is 0. The van der Waals surface area contributed by atoms with E-state index < -0.39 is 81.8 Å². The lowest BCUT2D eigenvalue weighted by atomic mass is 9.55. The molecule has 0 radical (unpaired) electrons. The smallest absolute Gasteiger partial charge is 0.255 e. The molecule has 3 aliphatic carbocycles. The van der Waals surface area contributed by atoms with Gasteiger partial charge in [-0.05, 0) is 17.5 Å². The Morgan fingerprint density at radius 2 is 1.83 bits per heavy atom. The van der Waals surface area contributed by atoms with Crippen molar-refractivity contribution in [3.05, 3.63) is 40.2 Å². The van der Waals surface area contributed by atoms with Crippen molar-refractivity contribution in [2.75, 3.05) is 5.73 Å². The molecular weight excluding hydrogens is 396 g/mol. The molecule has 1 saturated carbocycles. The summed E-state index contributed by atoms with van der Waals surface area (Å²) in [7, 11) is 0. The van der Waals surface area contributed by atoms with E-state index in [1.54, 1.807) is 6.92 Å². The number of nitrogens with two attached hydrogens (primary N) is 2. The SMILES string of the molecule is C[C@@H]1c2ccc(N)c(O)c2C(O)=C2C(=O)[C@]3(O)C(O)=C(C(N)=O)C(=O)CC3[C@H](O)C21. The number of aliphatic hydroxyl groups excluding tert-OH is 3. The quantitative estimate of drug-likeness (QED) is 0.179. The van der Waals surface area contributed by atoms with Gasteiger partial charge in [-0.25, -0.2) is 0 Å². The first kappa shape index (κ1) is 19.9. The number of carbonyl (C=O) groups excluding carboxylic acids is 3. The van der Waals surface area contributed by atoms with Crippen LogP contribution in [0.15, 0.2) is 29.0 Å². The number of benzene rings is 1. The number of phenolic OH excluding ortho intramolecular Hbond substituents is 1. The number of aliphatic hydroxyl groups is 4. The second-order valence-electron chi connectivity index (χ2n) is 7.95. The van der Waals surface area contributed by atoms with Gasteiger partial charge in [0.1, 0.15) is 22.8 Å². The van der Waals surface area contributed by atoms with E-state index in [1.165, 1.54) is 12.1 Å². The maximum Gasteiger partial charge on any atom is 0.255 e. The Hall–Kier alpha value is -3.37. The van der Waals surface area contributed by atoms with Crippen molar-refractivity contribution in [2.24, 2.45) is 17.6 Å². The van der Waals surface area contributed by atoms with E-state index in [9.17, 15) is 39.9 Å². The lowest BCUT2D eigenvalue weighted by Crippen LogP contribution is -2.63. The van der Waals surface area contributed by atoms with Gasteiger partial charge in [-0.15, -0.1) is 0 Å². The van der Waals surface area contributed by atoms with E-state index in [-0.39, 0.29) is 11.3 Å². The zero-order valence-corrected chi connectivity index (χ0v) is 15.8. The van der Waals surface area contributed by atoms with Crippen LogP contribution in [0.4, 0.5) is 5.69 Å². The van der Waals surface area contributed by atoms with E-state index in [4.69, 9.17) is 11.5 Å². The number of anilines is 1. The molecule has 1 amide bonds. The highest BCUT2D eigenvalue weighted by atomic mass is 16.4. The van der Waals surface area contributed by atoms with Crippen LogP contribution in [0.25, 0.3) is 5.76 Å². The van der Waals surface area contributed by atoms with E-state index >= 15 is 0 Å². The first-order chi connectivity index (χ1) is 13.9. The molecule has 0 heterocycles. The van der Waals surface area contributed by atoms with Gasteiger partial charge in [-0.1, -0.05) is 13.0 Å². The summed E-state index contributed by atoms with van der Waals surface area (Å²) in [5, 5.41) is 53.9. The van der Waals surface area contributed by atoms with Crippen LogP contribution < -0.4 is 11.5 Å². The Morgan fingerprint density at radius 1 is 1.20 bits per heavy atom. The number of hydrogen-bond donors (Lipinski definition) is 7. The zero-order valence-electron chi connectivity index (χ0n) is 15.8. The number of fused-ring (bicyclic) bond motifs is 3. The molecule has 0 bridgehead atoms. The molecule has 10 nitrogen and oxygen atoms in total. The third-order valence-corrected chi connectivity index (χ3v) is 6.53. The summed E-state index contributed by atoms with van der Waals surface area (Å²) in [4.78, 5) is 37.3. The molecule has 1 aromatic carbocycles.